The van der Waals surface area contributed by atoms with E-state index in [1.54, 1.807) is 25.8 Å². The SMILES string of the molecule is CN=C/C(=C\N)c1cccc2c1oc1c(-c3ccc4c5ccccc5c5ccc(-c6cccc7c6oc6c(-c8cncnc8)cccc67)cc5c4c3)cccc12. The summed E-state index contributed by atoms with van der Waals surface area (Å²) in [5, 5.41) is 11.4. The first-order valence-electron chi connectivity index (χ1n) is 18.6. The number of rotatable bonds is 5. The van der Waals surface area contributed by atoms with Gasteiger partial charge in [-0.05, 0) is 55.6 Å². The lowest BCUT2D eigenvalue weighted by Crippen LogP contribution is -1.91. The highest BCUT2D eigenvalue weighted by molar-refractivity contribution is 6.27. The molecule has 0 aliphatic heterocycles. The van der Waals surface area contributed by atoms with E-state index < -0.39 is 0 Å². The van der Waals surface area contributed by atoms with Crippen molar-refractivity contribution in [2.24, 2.45) is 10.7 Å². The van der Waals surface area contributed by atoms with Crippen molar-refractivity contribution in [3.05, 3.63) is 164 Å². The minimum absolute atomic E-state index is 0.789. The predicted octanol–water partition coefficient (Wildman–Crippen LogP) is 12.7. The number of para-hydroxylation sites is 4. The first-order chi connectivity index (χ1) is 27.7. The third-order valence-electron chi connectivity index (χ3n) is 11.1. The highest BCUT2D eigenvalue weighted by Crippen LogP contribution is 2.44. The van der Waals surface area contributed by atoms with Gasteiger partial charge in [0.1, 0.15) is 28.7 Å². The minimum atomic E-state index is 0.789. The monoisotopic (exact) mass is 720 g/mol. The normalized spacial score (nSPS) is 12.5. The van der Waals surface area contributed by atoms with Crippen LogP contribution >= 0.6 is 0 Å². The maximum absolute atomic E-state index is 6.80. The number of nitrogens with two attached hydrogens (primary N) is 1. The summed E-state index contributed by atoms with van der Waals surface area (Å²) in [4.78, 5) is 12.8. The summed E-state index contributed by atoms with van der Waals surface area (Å²) in [6, 6.07) is 47.5. The number of nitrogens with zero attached hydrogens (tertiary/aromatic N) is 3. The third-order valence-corrected chi connectivity index (χ3v) is 11.1. The fourth-order valence-corrected chi connectivity index (χ4v) is 8.62. The smallest absolute Gasteiger partial charge is 0.143 e. The Balaban J connectivity index is 1.14. The third kappa shape index (κ3) is 4.72. The summed E-state index contributed by atoms with van der Waals surface area (Å²) in [7, 11) is 1.74. The molecule has 0 saturated heterocycles. The number of benzene rings is 8. The molecular weight excluding hydrogens is 689 g/mol. The Morgan fingerprint density at radius 3 is 1.45 bits per heavy atom. The number of fused-ring (bicyclic) bond motifs is 12. The largest absolute Gasteiger partial charge is 0.455 e. The molecule has 0 amide bonds. The van der Waals surface area contributed by atoms with E-state index in [2.05, 4.69) is 136 Å². The van der Waals surface area contributed by atoms with Crippen LogP contribution in [0.4, 0.5) is 0 Å². The van der Waals surface area contributed by atoms with E-state index in [0.717, 1.165) is 88.4 Å². The Hall–Kier alpha value is -7.57. The van der Waals surface area contributed by atoms with Gasteiger partial charge in [-0.3, -0.25) is 4.99 Å². The number of aromatic nitrogens is 2. The zero-order valence-corrected chi connectivity index (χ0v) is 30.3. The fraction of sp³-hybridized carbons (Fsp3) is 0.0200. The van der Waals surface area contributed by atoms with Crippen LogP contribution in [0, 0.1) is 0 Å². The van der Waals surface area contributed by atoms with Crippen molar-refractivity contribution in [1.29, 1.82) is 0 Å². The minimum Gasteiger partial charge on any atom is -0.455 e. The summed E-state index contributed by atoms with van der Waals surface area (Å²) >= 11 is 0. The molecule has 6 heteroatoms. The predicted molar refractivity (Wildman–Crippen MR) is 232 cm³/mol. The van der Waals surface area contributed by atoms with Gasteiger partial charge in [0.2, 0.25) is 0 Å². The van der Waals surface area contributed by atoms with Gasteiger partial charge in [-0.25, -0.2) is 9.97 Å². The number of furan rings is 2. The van der Waals surface area contributed by atoms with Gasteiger partial charge in [-0.15, -0.1) is 0 Å². The van der Waals surface area contributed by atoms with Gasteiger partial charge in [-0.2, -0.15) is 0 Å². The molecule has 0 atom stereocenters. The van der Waals surface area contributed by atoms with Crippen LogP contribution in [-0.4, -0.2) is 23.2 Å². The van der Waals surface area contributed by atoms with E-state index in [1.807, 2.05) is 24.5 Å². The lowest BCUT2D eigenvalue weighted by Gasteiger charge is -2.14. The molecule has 0 fully saturated rings. The molecule has 3 heterocycles. The average Bonchev–Trinajstić information content (AvgIpc) is 3.85. The van der Waals surface area contributed by atoms with Crippen LogP contribution in [0.15, 0.2) is 172 Å². The van der Waals surface area contributed by atoms with Gasteiger partial charge in [-0.1, -0.05) is 121 Å². The van der Waals surface area contributed by atoms with Crippen LogP contribution in [0.2, 0.25) is 0 Å². The van der Waals surface area contributed by atoms with Crippen molar-refractivity contribution in [3.63, 3.8) is 0 Å². The Morgan fingerprint density at radius 1 is 0.482 bits per heavy atom. The van der Waals surface area contributed by atoms with Crippen LogP contribution in [0.3, 0.4) is 0 Å². The first kappa shape index (κ1) is 31.9. The summed E-state index contributed by atoms with van der Waals surface area (Å²) in [6.07, 6.45) is 8.54. The molecule has 56 heavy (non-hydrogen) atoms. The highest BCUT2D eigenvalue weighted by atomic mass is 16.3. The molecule has 2 N–H and O–H groups in total. The Bertz CT molecular complexity index is 3450. The van der Waals surface area contributed by atoms with Gasteiger partial charge in [0.05, 0.1) is 0 Å². The number of allylic oxidation sites excluding steroid dienone is 1. The van der Waals surface area contributed by atoms with Crippen molar-refractivity contribution >= 4 is 88.0 Å². The van der Waals surface area contributed by atoms with E-state index in [4.69, 9.17) is 14.6 Å². The summed E-state index contributed by atoms with van der Waals surface area (Å²) in [6.45, 7) is 0. The van der Waals surface area contributed by atoms with Crippen molar-refractivity contribution in [2.75, 3.05) is 7.05 Å². The van der Waals surface area contributed by atoms with Crippen molar-refractivity contribution in [3.8, 4) is 33.4 Å². The van der Waals surface area contributed by atoms with E-state index in [0.29, 0.717) is 0 Å². The van der Waals surface area contributed by atoms with Crippen LogP contribution in [0.5, 0.6) is 0 Å². The van der Waals surface area contributed by atoms with Crippen molar-refractivity contribution in [2.45, 2.75) is 0 Å². The Kier molecular flexibility index (Phi) is 7.13. The maximum atomic E-state index is 6.80. The molecule has 0 saturated carbocycles. The molecule has 0 aliphatic carbocycles. The lowest BCUT2D eigenvalue weighted by molar-refractivity contribution is 0.669. The molecule has 0 radical (unpaired) electrons. The van der Waals surface area contributed by atoms with Gasteiger partial charge in [0.25, 0.3) is 0 Å². The van der Waals surface area contributed by atoms with Gasteiger partial charge < -0.3 is 14.6 Å². The molecule has 11 aromatic rings. The second-order valence-electron chi connectivity index (χ2n) is 14.1. The molecule has 3 aromatic heterocycles. The van der Waals surface area contributed by atoms with Crippen molar-refractivity contribution < 1.29 is 8.83 Å². The molecule has 264 valence electrons. The van der Waals surface area contributed by atoms with E-state index >= 15 is 0 Å². The van der Waals surface area contributed by atoms with Gasteiger partial charge in [0, 0.05) is 86.8 Å². The number of hydrogen-bond donors (Lipinski definition) is 1. The Morgan fingerprint density at radius 2 is 0.929 bits per heavy atom. The molecule has 0 aliphatic rings. The molecular formula is C50H32N4O2. The van der Waals surface area contributed by atoms with Crippen LogP contribution < -0.4 is 5.73 Å². The van der Waals surface area contributed by atoms with E-state index in [1.165, 1.54) is 32.3 Å². The number of aliphatic imine (C=N–C) groups is 1. The maximum Gasteiger partial charge on any atom is 0.143 e. The second kappa shape index (κ2) is 12.5. The summed E-state index contributed by atoms with van der Waals surface area (Å²) in [5.74, 6) is 0. The summed E-state index contributed by atoms with van der Waals surface area (Å²) in [5.41, 5.74) is 17.2. The zero-order valence-electron chi connectivity index (χ0n) is 30.3. The topological polar surface area (TPSA) is 90.4 Å². The quantitative estimate of drug-likeness (QED) is 0.141. The van der Waals surface area contributed by atoms with Crippen LogP contribution in [0.25, 0.3) is 115 Å². The van der Waals surface area contributed by atoms with E-state index in [-0.39, 0.29) is 0 Å². The van der Waals surface area contributed by atoms with E-state index in [9.17, 15) is 0 Å². The highest BCUT2D eigenvalue weighted by Gasteiger charge is 2.19. The fourth-order valence-electron chi connectivity index (χ4n) is 8.62. The van der Waals surface area contributed by atoms with Crippen molar-refractivity contribution in [1.82, 2.24) is 9.97 Å². The zero-order chi connectivity index (χ0) is 37.3. The Labute approximate surface area is 320 Å². The lowest BCUT2D eigenvalue weighted by atomic mass is 9.90. The van der Waals surface area contributed by atoms with Crippen LogP contribution in [-0.2, 0) is 0 Å². The van der Waals surface area contributed by atoms with Gasteiger partial charge >= 0.3 is 0 Å². The summed E-state index contributed by atoms with van der Waals surface area (Å²) < 4.78 is 13.6. The standard InChI is InChI=1S/C50H32N4O2/c1-52-25-31(24-51)35-12-6-16-43-41-14-4-10-33(47(41)55-49(35)43)29-18-20-39-37-8-2-3-9-38(37)40-21-19-30(23-46(40)45(39)22-29)34-11-5-15-42-44-17-7-13-36(50(44)56-48(34)42)32-26-53-28-54-27-32/h2-28H,51H2,1H3/b31-24+,52-25?. The molecule has 11 rings (SSSR count). The second-order valence-corrected chi connectivity index (χ2v) is 14.1. The first-order valence-corrected chi connectivity index (χ1v) is 18.6. The molecule has 0 spiro atoms. The molecule has 8 aromatic carbocycles. The van der Waals surface area contributed by atoms with Gasteiger partial charge in [0.15, 0.2) is 0 Å². The molecule has 0 unspecified atom stereocenters. The molecule has 0 bridgehead atoms. The average molecular weight is 721 g/mol. The molecule has 6 nitrogen and oxygen atoms in total. The number of hydrogen-bond acceptors (Lipinski definition) is 6. The van der Waals surface area contributed by atoms with Crippen LogP contribution in [0.1, 0.15) is 5.56 Å².